The lowest BCUT2D eigenvalue weighted by molar-refractivity contribution is 0.0629. The molecule has 0 bridgehead atoms. The predicted molar refractivity (Wildman–Crippen MR) is 131 cm³/mol. The van der Waals surface area contributed by atoms with E-state index in [-0.39, 0.29) is 22.7 Å². The minimum absolute atomic E-state index is 0.0172. The van der Waals surface area contributed by atoms with E-state index in [1.165, 1.54) is 18.2 Å². The van der Waals surface area contributed by atoms with Crippen molar-refractivity contribution in [1.82, 2.24) is 14.5 Å². The summed E-state index contributed by atoms with van der Waals surface area (Å²) < 4.78 is 41.7. The second-order valence-corrected chi connectivity index (χ2v) is 11.6. The van der Waals surface area contributed by atoms with E-state index < -0.39 is 10.0 Å². The van der Waals surface area contributed by atoms with Gasteiger partial charge < -0.3 is 4.90 Å². The van der Waals surface area contributed by atoms with Gasteiger partial charge in [0.2, 0.25) is 10.0 Å². The first-order valence-corrected chi connectivity index (χ1v) is 13.7. The fourth-order valence-electron chi connectivity index (χ4n) is 4.07. The van der Waals surface area contributed by atoms with Crippen LogP contribution in [-0.2, 0) is 16.6 Å². The molecular formula is C25H26FN3O3S2. The fourth-order valence-corrected chi connectivity index (χ4v) is 6.49. The molecular weight excluding hydrogens is 473 g/mol. The zero-order valence-corrected chi connectivity index (χ0v) is 20.2. The Morgan fingerprint density at radius 2 is 1.76 bits per heavy atom. The normalized spacial score (nSPS) is 17.1. The number of benzene rings is 2. The molecule has 2 aromatic carbocycles. The van der Waals surface area contributed by atoms with E-state index in [1.807, 2.05) is 18.2 Å². The molecule has 1 aromatic heterocycles. The third-order valence-corrected chi connectivity index (χ3v) is 8.75. The van der Waals surface area contributed by atoms with E-state index in [0.717, 1.165) is 42.2 Å². The topological polar surface area (TPSA) is 69.7 Å². The molecule has 1 aliphatic carbocycles. The summed E-state index contributed by atoms with van der Waals surface area (Å²) in [5.41, 5.74) is 1.01. The van der Waals surface area contributed by atoms with Crippen molar-refractivity contribution in [2.75, 3.05) is 26.2 Å². The molecule has 5 rings (SSSR count). The molecule has 34 heavy (non-hydrogen) atoms. The molecule has 1 N–H and O–H groups in total. The van der Waals surface area contributed by atoms with Gasteiger partial charge in [0.25, 0.3) is 5.91 Å². The third-order valence-electron chi connectivity index (χ3n) is 6.13. The molecule has 1 amide bonds. The first-order chi connectivity index (χ1) is 16.4. The van der Waals surface area contributed by atoms with Crippen molar-refractivity contribution in [1.29, 1.82) is 0 Å². The van der Waals surface area contributed by atoms with E-state index in [2.05, 4.69) is 9.62 Å². The second-order valence-electron chi connectivity index (χ2n) is 8.74. The smallest absolute Gasteiger partial charge is 0.253 e. The van der Waals surface area contributed by atoms with Gasteiger partial charge in [-0.25, -0.2) is 17.5 Å². The van der Waals surface area contributed by atoms with Gasteiger partial charge in [-0.3, -0.25) is 9.69 Å². The number of halogens is 1. The van der Waals surface area contributed by atoms with Gasteiger partial charge in [0.1, 0.15) is 5.82 Å². The van der Waals surface area contributed by atoms with Crippen LogP contribution < -0.4 is 4.72 Å². The SMILES string of the molecule is O=C(c1cccc(S(=O)(=O)NC2CC2)c1)N1CCN(Cc2ccc(-c3ccccc3F)s2)CC1. The number of sulfonamides is 1. The van der Waals surface area contributed by atoms with Gasteiger partial charge in [0.15, 0.2) is 0 Å². The van der Waals surface area contributed by atoms with Crippen LogP contribution in [0.25, 0.3) is 10.4 Å². The third kappa shape index (κ3) is 5.22. The van der Waals surface area contributed by atoms with Crippen molar-refractivity contribution < 1.29 is 17.6 Å². The number of nitrogens with zero attached hydrogens (tertiary/aromatic N) is 2. The highest BCUT2D eigenvalue weighted by atomic mass is 32.2. The second kappa shape index (κ2) is 9.58. The quantitative estimate of drug-likeness (QED) is 0.535. The highest BCUT2D eigenvalue weighted by Crippen LogP contribution is 2.31. The highest BCUT2D eigenvalue weighted by Gasteiger charge is 2.29. The summed E-state index contributed by atoms with van der Waals surface area (Å²) in [7, 11) is -3.60. The number of nitrogens with one attached hydrogen (secondary N) is 1. The lowest BCUT2D eigenvalue weighted by atomic mass is 10.2. The van der Waals surface area contributed by atoms with Crippen LogP contribution in [0.2, 0.25) is 0 Å². The van der Waals surface area contributed by atoms with Crippen molar-refractivity contribution >= 4 is 27.3 Å². The van der Waals surface area contributed by atoms with E-state index in [1.54, 1.807) is 40.5 Å². The van der Waals surface area contributed by atoms with E-state index in [4.69, 9.17) is 0 Å². The monoisotopic (exact) mass is 499 g/mol. The fraction of sp³-hybridized carbons (Fsp3) is 0.320. The van der Waals surface area contributed by atoms with E-state index >= 15 is 0 Å². The molecule has 2 fully saturated rings. The van der Waals surface area contributed by atoms with Crippen LogP contribution in [0.1, 0.15) is 28.1 Å². The maximum atomic E-state index is 14.1. The Morgan fingerprint density at radius 3 is 2.50 bits per heavy atom. The summed E-state index contributed by atoms with van der Waals surface area (Å²) in [6, 6.07) is 17.1. The molecule has 2 heterocycles. The average Bonchev–Trinajstić information content (AvgIpc) is 3.53. The zero-order valence-electron chi connectivity index (χ0n) is 18.6. The lowest BCUT2D eigenvalue weighted by Crippen LogP contribution is -2.48. The number of carbonyl (C=O) groups is 1. The van der Waals surface area contributed by atoms with E-state index in [9.17, 15) is 17.6 Å². The van der Waals surface area contributed by atoms with Crippen LogP contribution in [0, 0.1) is 5.82 Å². The Kier molecular flexibility index (Phi) is 6.52. The predicted octanol–water partition coefficient (Wildman–Crippen LogP) is 3.95. The standard InChI is InChI=1S/C25H26FN3O3S2/c26-23-7-2-1-6-22(23)24-11-10-20(33-24)17-28-12-14-29(15-13-28)25(30)18-4-3-5-21(16-18)34(31,32)27-19-8-9-19/h1-7,10-11,16,19,27H,8-9,12-15,17H2. The van der Waals surface area contributed by atoms with E-state index in [0.29, 0.717) is 24.2 Å². The number of hydrogen-bond donors (Lipinski definition) is 1. The molecule has 0 atom stereocenters. The van der Waals surface area contributed by atoms with Crippen LogP contribution >= 0.6 is 11.3 Å². The average molecular weight is 500 g/mol. The molecule has 6 nitrogen and oxygen atoms in total. The number of amides is 1. The number of piperazine rings is 1. The van der Waals surface area contributed by atoms with Crippen molar-refractivity contribution in [2.24, 2.45) is 0 Å². The Hall–Kier alpha value is -2.59. The summed E-state index contributed by atoms with van der Waals surface area (Å²) in [4.78, 5) is 19.3. The van der Waals surface area contributed by atoms with Crippen LogP contribution in [-0.4, -0.2) is 56.3 Å². The summed E-state index contributed by atoms with van der Waals surface area (Å²) in [6.45, 7) is 3.34. The summed E-state index contributed by atoms with van der Waals surface area (Å²) in [5, 5.41) is 0. The molecule has 9 heteroatoms. The van der Waals surface area contributed by atoms with Crippen LogP contribution in [0.15, 0.2) is 65.6 Å². The number of rotatable bonds is 7. The summed E-state index contributed by atoms with van der Waals surface area (Å²) >= 11 is 1.59. The molecule has 0 radical (unpaired) electrons. The minimum atomic E-state index is -3.60. The molecule has 0 unspecified atom stereocenters. The minimum Gasteiger partial charge on any atom is -0.336 e. The first-order valence-electron chi connectivity index (χ1n) is 11.4. The number of thiophene rings is 1. The van der Waals surface area contributed by atoms with Gasteiger partial charge in [-0.2, -0.15) is 0 Å². The largest absolute Gasteiger partial charge is 0.336 e. The van der Waals surface area contributed by atoms with Crippen molar-refractivity contribution in [3.05, 3.63) is 76.9 Å². The molecule has 1 saturated carbocycles. The summed E-state index contributed by atoms with van der Waals surface area (Å²) in [6.07, 6.45) is 1.72. The molecule has 1 saturated heterocycles. The van der Waals surface area contributed by atoms with Gasteiger partial charge >= 0.3 is 0 Å². The lowest BCUT2D eigenvalue weighted by Gasteiger charge is -2.34. The van der Waals surface area contributed by atoms with Crippen molar-refractivity contribution in [2.45, 2.75) is 30.3 Å². The van der Waals surface area contributed by atoms with Gasteiger partial charge in [-0.1, -0.05) is 24.3 Å². The molecule has 3 aromatic rings. The van der Waals surface area contributed by atoms with Crippen LogP contribution in [0.4, 0.5) is 4.39 Å². The van der Waals surface area contributed by atoms with Gasteiger partial charge in [-0.15, -0.1) is 11.3 Å². The molecule has 0 spiro atoms. The van der Waals surface area contributed by atoms with Crippen molar-refractivity contribution in [3.8, 4) is 10.4 Å². The first kappa shape index (κ1) is 23.2. The van der Waals surface area contributed by atoms with Gasteiger partial charge in [0.05, 0.1) is 4.90 Å². The maximum Gasteiger partial charge on any atom is 0.253 e. The Balaban J connectivity index is 1.18. The van der Waals surface area contributed by atoms with Crippen molar-refractivity contribution in [3.63, 3.8) is 0 Å². The molecule has 178 valence electrons. The Morgan fingerprint density at radius 1 is 1.00 bits per heavy atom. The Labute approximate surface area is 203 Å². The zero-order chi connectivity index (χ0) is 23.7. The highest BCUT2D eigenvalue weighted by molar-refractivity contribution is 7.89. The Bertz CT molecular complexity index is 1300. The van der Waals surface area contributed by atoms with Gasteiger partial charge in [0, 0.05) is 59.6 Å². The van der Waals surface area contributed by atoms with Crippen LogP contribution in [0.5, 0.6) is 0 Å². The maximum absolute atomic E-state index is 14.1. The molecule has 1 aliphatic heterocycles. The van der Waals surface area contributed by atoms with Gasteiger partial charge in [-0.05, 0) is 49.2 Å². The summed E-state index contributed by atoms with van der Waals surface area (Å²) in [5.74, 6) is -0.371. The number of carbonyl (C=O) groups excluding carboxylic acids is 1. The molecule has 2 aliphatic rings. The van der Waals surface area contributed by atoms with Crippen LogP contribution in [0.3, 0.4) is 0 Å². The number of hydrogen-bond acceptors (Lipinski definition) is 5.